The van der Waals surface area contributed by atoms with Gasteiger partial charge in [0.15, 0.2) is 0 Å². The Morgan fingerprint density at radius 1 is 1.33 bits per heavy atom. The Labute approximate surface area is 67.3 Å². The molecule has 0 aliphatic carbocycles. The molecule has 52 valence electrons. The first kappa shape index (κ1) is 7.83. The first-order valence-corrected chi connectivity index (χ1v) is 8.19. The van der Waals surface area contributed by atoms with Crippen molar-refractivity contribution in [2.24, 2.45) is 7.05 Å². The van der Waals surface area contributed by atoms with Crippen LogP contribution in [0.5, 0.6) is 0 Å². The molecule has 0 radical (unpaired) electrons. The molecule has 0 aromatic carbocycles. The minimum absolute atomic E-state index is 0.407. The van der Waals surface area contributed by atoms with Crippen LogP contribution in [0.2, 0.25) is 4.20 Å². The first-order chi connectivity index (χ1) is 4.11. The predicted molar refractivity (Wildman–Crippen MR) is 45.3 cm³/mol. The van der Waals surface area contributed by atoms with E-state index in [1.54, 1.807) is 10.2 Å². The first-order valence-electron chi connectivity index (χ1n) is 2.65. The monoisotopic (exact) mass is 224 g/mol. The van der Waals surface area contributed by atoms with Crippen LogP contribution < -0.4 is 0 Å². The minimum atomic E-state index is -0.995. The normalized spacial score (nSPS) is 26.3. The van der Waals surface area contributed by atoms with E-state index < -0.39 is 13.7 Å². The summed E-state index contributed by atoms with van der Waals surface area (Å²) in [6.45, 7) is 6.72. The molecule has 2 nitrogen and oxygen atoms in total. The Balaban J connectivity index is 2.57. The van der Waals surface area contributed by atoms with Gasteiger partial charge >= 0.3 is 67.3 Å². The maximum absolute atomic E-state index is 4.37. The van der Waals surface area contributed by atoms with Crippen molar-refractivity contribution < 1.29 is 0 Å². The second kappa shape index (κ2) is 2.77. The van der Waals surface area contributed by atoms with Gasteiger partial charge in [-0.1, -0.05) is 0 Å². The van der Waals surface area contributed by atoms with E-state index in [0.29, 0.717) is 4.20 Å². The van der Waals surface area contributed by atoms with Gasteiger partial charge in [-0.05, 0) is 0 Å². The topological polar surface area (TPSA) is 24.7 Å². The fraction of sp³-hybridized carbons (Fsp3) is 1.00. The zero-order valence-electron chi connectivity index (χ0n) is 5.66. The zero-order chi connectivity index (χ0) is 6.91. The molecule has 1 aliphatic heterocycles. The molecule has 1 rings (SSSR count). The zero-order valence-corrected chi connectivity index (χ0v) is 9.17. The van der Waals surface area contributed by atoms with Crippen molar-refractivity contribution >= 4 is 35.3 Å². The van der Waals surface area contributed by atoms with Gasteiger partial charge in [-0.15, -0.1) is 0 Å². The van der Waals surface area contributed by atoms with E-state index in [4.69, 9.17) is 0 Å². The Morgan fingerprint density at radius 3 is 2.22 bits per heavy atom. The third kappa shape index (κ3) is 2.10. The second-order valence-electron chi connectivity index (χ2n) is 2.76. The molecular formula is C4H9AsN2S2. The average Bonchev–Trinajstić information content (AvgIpc) is 2.08. The number of hydrogen-bond acceptors (Lipinski definition) is 3. The van der Waals surface area contributed by atoms with Crippen LogP contribution in [-0.2, 0) is 11.4 Å². The molecule has 0 bridgehead atoms. The Morgan fingerprint density at radius 2 is 2.00 bits per heavy atom. The van der Waals surface area contributed by atoms with E-state index >= 15 is 0 Å². The Kier molecular flexibility index (Phi) is 2.41. The van der Waals surface area contributed by atoms with Crippen molar-refractivity contribution in [1.82, 2.24) is 0 Å². The third-order valence-corrected chi connectivity index (χ3v) is 11.7. The molecule has 1 aliphatic rings. The van der Waals surface area contributed by atoms with Gasteiger partial charge in [0.2, 0.25) is 0 Å². The molecule has 0 aromatic heterocycles. The Hall–Kier alpha value is 0.728. The standard InChI is InChI=1S/C4H9AsN2S2/c1-4(2,3)5-6-9-7-8-5/h1-3H3. The summed E-state index contributed by atoms with van der Waals surface area (Å²) in [5.74, 6) is 0. The predicted octanol–water partition coefficient (Wildman–Crippen LogP) is 2.39. The van der Waals surface area contributed by atoms with E-state index in [-0.39, 0.29) is 0 Å². The summed E-state index contributed by atoms with van der Waals surface area (Å²) >= 11 is 0.391. The van der Waals surface area contributed by atoms with Crippen molar-refractivity contribution in [3.63, 3.8) is 0 Å². The average molecular weight is 224 g/mol. The maximum atomic E-state index is 4.37. The Bertz CT molecular complexity index is 168. The van der Waals surface area contributed by atoms with Crippen molar-refractivity contribution in [2.45, 2.75) is 25.0 Å². The third-order valence-electron chi connectivity index (χ3n) is 0.829. The summed E-state index contributed by atoms with van der Waals surface area (Å²) in [5.41, 5.74) is 0. The van der Waals surface area contributed by atoms with E-state index in [1.165, 1.54) is 11.4 Å². The van der Waals surface area contributed by atoms with E-state index in [2.05, 4.69) is 27.8 Å². The van der Waals surface area contributed by atoms with Crippen LogP contribution in [0, 0.1) is 0 Å². The van der Waals surface area contributed by atoms with Crippen LogP contribution in [0.3, 0.4) is 0 Å². The molecule has 0 saturated heterocycles. The van der Waals surface area contributed by atoms with Crippen molar-refractivity contribution in [2.75, 3.05) is 0 Å². The summed E-state index contributed by atoms with van der Waals surface area (Å²) in [7, 11) is 1.72. The van der Waals surface area contributed by atoms with Crippen LogP contribution in [0.4, 0.5) is 0 Å². The number of rotatable bonds is 0. The molecule has 0 fully saturated rings. The molecule has 5 heteroatoms. The molecule has 0 N–H and O–H groups in total. The van der Waals surface area contributed by atoms with Crippen LogP contribution in [0.15, 0.2) is 7.05 Å². The van der Waals surface area contributed by atoms with Gasteiger partial charge in [0.25, 0.3) is 0 Å². The van der Waals surface area contributed by atoms with E-state index in [0.717, 1.165) is 0 Å². The SMILES string of the molecule is CC(C)(C)[As]1N=S=NS1. The molecule has 1 atom stereocenters. The molecule has 1 unspecified atom stereocenters. The molecule has 1 heterocycles. The van der Waals surface area contributed by atoms with Crippen molar-refractivity contribution in [3.8, 4) is 0 Å². The number of nitrogens with zero attached hydrogens (tertiary/aromatic N) is 2. The summed E-state index contributed by atoms with van der Waals surface area (Å²) in [4.78, 5) is 0. The van der Waals surface area contributed by atoms with Gasteiger partial charge in [-0.3, -0.25) is 0 Å². The van der Waals surface area contributed by atoms with Crippen molar-refractivity contribution in [1.29, 1.82) is 0 Å². The molecular weight excluding hydrogens is 215 g/mol. The van der Waals surface area contributed by atoms with E-state index in [9.17, 15) is 0 Å². The van der Waals surface area contributed by atoms with Gasteiger partial charge in [0.05, 0.1) is 0 Å². The molecule has 0 amide bonds. The molecule has 9 heavy (non-hydrogen) atoms. The van der Waals surface area contributed by atoms with Gasteiger partial charge in [0.1, 0.15) is 0 Å². The second-order valence-corrected chi connectivity index (χ2v) is 11.7. The van der Waals surface area contributed by atoms with Gasteiger partial charge < -0.3 is 0 Å². The quantitative estimate of drug-likeness (QED) is 0.458. The summed E-state index contributed by atoms with van der Waals surface area (Å²) in [6.07, 6.45) is 0. The van der Waals surface area contributed by atoms with Crippen molar-refractivity contribution in [3.05, 3.63) is 0 Å². The van der Waals surface area contributed by atoms with Crippen LogP contribution in [0.25, 0.3) is 0 Å². The fourth-order valence-electron chi connectivity index (χ4n) is 0.354. The molecule has 0 aromatic rings. The molecule has 0 spiro atoms. The summed E-state index contributed by atoms with van der Waals surface area (Å²) < 4.78 is 8.84. The van der Waals surface area contributed by atoms with Crippen LogP contribution in [0.1, 0.15) is 20.8 Å². The number of hydrogen-bond donors (Lipinski definition) is 0. The van der Waals surface area contributed by atoms with Gasteiger partial charge in [-0.2, -0.15) is 0 Å². The van der Waals surface area contributed by atoms with E-state index in [1.807, 2.05) is 0 Å². The van der Waals surface area contributed by atoms with Crippen LogP contribution in [-0.4, -0.2) is 13.7 Å². The summed E-state index contributed by atoms with van der Waals surface area (Å²) in [5, 5.41) is 0. The van der Waals surface area contributed by atoms with Gasteiger partial charge in [-0.25, -0.2) is 0 Å². The van der Waals surface area contributed by atoms with Gasteiger partial charge in [0, 0.05) is 0 Å². The summed E-state index contributed by atoms with van der Waals surface area (Å²) in [6, 6.07) is 0. The fourth-order valence-corrected chi connectivity index (χ4v) is 8.37. The molecule has 0 saturated carbocycles. The van der Waals surface area contributed by atoms with Crippen LogP contribution >= 0.6 is 10.2 Å².